The highest BCUT2D eigenvalue weighted by molar-refractivity contribution is 5.90. The van der Waals surface area contributed by atoms with Crippen LogP contribution in [-0.4, -0.2) is 34.7 Å². The summed E-state index contributed by atoms with van der Waals surface area (Å²) < 4.78 is 0. The van der Waals surface area contributed by atoms with Crippen molar-refractivity contribution in [2.24, 2.45) is 0 Å². The minimum absolute atomic E-state index is 0.0194. The Labute approximate surface area is 101 Å². The first-order valence-electron chi connectivity index (χ1n) is 5.64. The molecule has 1 saturated heterocycles. The summed E-state index contributed by atoms with van der Waals surface area (Å²) in [6, 6.07) is 9.22. The van der Waals surface area contributed by atoms with Crippen LogP contribution in [0.25, 0.3) is 0 Å². The van der Waals surface area contributed by atoms with Gasteiger partial charge in [-0.15, -0.1) is 0 Å². The Balaban J connectivity index is 2.43. The molecule has 4 heteroatoms. The van der Waals surface area contributed by atoms with Gasteiger partial charge in [0.25, 0.3) is 0 Å². The second-order valence-electron chi connectivity index (χ2n) is 4.34. The number of carbonyl (C=O) groups excluding carboxylic acids is 2. The van der Waals surface area contributed by atoms with Gasteiger partial charge in [-0.05, 0) is 12.5 Å². The average molecular weight is 232 g/mol. The standard InChI is InChI=1S/C13H16N2O2/c1-9-13(17)14(3)12(15(9)10(2)16)11-7-5-4-6-8-11/h4-9,12H,1-3H3. The molecule has 2 rings (SSSR count). The zero-order valence-corrected chi connectivity index (χ0v) is 10.3. The summed E-state index contributed by atoms with van der Waals surface area (Å²) in [6.45, 7) is 3.27. The van der Waals surface area contributed by atoms with Crippen molar-refractivity contribution in [2.45, 2.75) is 26.1 Å². The van der Waals surface area contributed by atoms with Crippen molar-refractivity contribution in [3.63, 3.8) is 0 Å². The highest BCUT2D eigenvalue weighted by atomic mass is 16.2. The lowest BCUT2D eigenvalue weighted by Gasteiger charge is -2.28. The van der Waals surface area contributed by atoms with Crippen molar-refractivity contribution in [2.75, 3.05) is 7.05 Å². The predicted octanol–water partition coefficient (Wildman–Crippen LogP) is 1.39. The molecule has 17 heavy (non-hydrogen) atoms. The smallest absolute Gasteiger partial charge is 0.246 e. The van der Waals surface area contributed by atoms with E-state index in [1.165, 1.54) is 6.92 Å². The third kappa shape index (κ3) is 1.79. The molecule has 0 spiro atoms. The van der Waals surface area contributed by atoms with E-state index in [1.54, 1.807) is 23.8 Å². The molecule has 0 N–H and O–H groups in total. The zero-order valence-electron chi connectivity index (χ0n) is 10.3. The van der Waals surface area contributed by atoms with Crippen molar-refractivity contribution in [3.8, 4) is 0 Å². The van der Waals surface area contributed by atoms with Gasteiger partial charge in [-0.2, -0.15) is 0 Å². The normalized spacial score (nSPS) is 24.3. The van der Waals surface area contributed by atoms with Crippen molar-refractivity contribution in [1.29, 1.82) is 0 Å². The topological polar surface area (TPSA) is 40.6 Å². The lowest BCUT2D eigenvalue weighted by Crippen LogP contribution is -2.36. The van der Waals surface area contributed by atoms with Crippen LogP contribution in [0.15, 0.2) is 30.3 Å². The Morgan fingerprint density at radius 2 is 1.82 bits per heavy atom. The number of nitrogens with zero attached hydrogens (tertiary/aromatic N) is 2. The Morgan fingerprint density at radius 1 is 1.24 bits per heavy atom. The quantitative estimate of drug-likeness (QED) is 0.734. The molecular formula is C13H16N2O2. The van der Waals surface area contributed by atoms with Gasteiger partial charge in [-0.25, -0.2) is 0 Å². The van der Waals surface area contributed by atoms with Crippen LogP contribution in [0.3, 0.4) is 0 Å². The van der Waals surface area contributed by atoms with Crippen LogP contribution in [0.5, 0.6) is 0 Å². The molecule has 2 unspecified atom stereocenters. The fourth-order valence-corrected chi connectivity index (χ4v) is 2.39. The molecule has 0 saturated carbocycles. The highest BCUT2D eigenvalue weighted by Gasteiger charge is 2.43. The monoisotopic (exact) mass is 232 g/mol. The summed E-state index contributed by atoms with van der Waals surface area (Å²) in [5, 5.41) is 0. The molecule has 0 aliphatic carbocycles. The van der Waals surface area contributed by atoms with Gasteiger partial charge >= 0.3 is 0 Å². The second-order valence-corrected chi connectivity index (χ2v) is 4.34. The van der Waals surface area contributed by atoms with Crippen molar-refractivity contribution in [1.82, 2.24) is 9.80 Å². The number of hydrogen-bond donors (Lipinski definition) is 0. The van der Waals surface area contributed by atoms with E-state index in [0.29, 0.717) is 0 Å². The fourth-order valence-electron chi connectivity index (χ4n) is 2.39. The minimum atomic E-state index is -0.386. The Morgan fingerprint density at radius 3 is 2.35 bits per heavy atom. The minimum Gasteiger partial charge on any atom is -0.319 e. The molecule has 90 valence electrons. The summed E-state index contributed by atoms with van der Waals surface area (Å²) in [5.41, 5.74) is 0.961. The van der Waals surface area contributed by atoms with Gasteiger partial charge in [0.05, 0.1) is 0 Å². The van der Waals surface area contributed by atoms with Gasteiger partial charge in [0.15, 0.2) is 0 Å². The molecule has 2 amide bonds. The number of carbonyl (C=O) groups is 2. The van der Waals surface area contributed by atoms with Gasteiger partial charge < -0.3 is 9.80 Å². The third-order valence-corrected chi connectivity index (χ3v) is 3.21. The van der Waals surface area contributed by atoms with E-state index >= 15 is 0 Å². The Hall–Kier alpha value is -1.84. The van der Waals surface area contributed by atoms with Crippen LogP contribution in [0.1, 0.15) is 25.6 Å². The van der Waals surface area contributed by atoms with Crippen LogP contribution in [0, 0.1) is 0 Å². The molecular weight excluding hydrogens is 216 g/mol. The summed E-state index contributed by atoms with van der Waals surface area (Å²) in [6.07, 6.45) is -0.281. The number of likely N-dealkylation sites (N-methyl/N-ethyl adjacent to an activating group) is 1. The van der Waals surface area contributed by atoms with E-state index in [9.17, 15) is 9.59 Å². The maximum Gasteiger partial charge on any atom is 0.246 e. The number of amides is 2. The molecule has 1 aromatic carbocycles. The summed E-state index contributed by atoms with van der Waals surface area (Å²) >= 11 is 0. The van der Waals surface area contributed by atoms with E-state index in [-0.39, 0.29) is 24.0 Å². The van der Waals surface area contributed by atoms with Gasteiger partial charge in [-0.3, -0.25) is 9.59 Å². The Kier molecular flexibility index (Phi) is 2.88. The van der Waals surface area contributed by atoms with Crippen molar-refractivity contribution >= 4 is 11.8 Å². The number of benzene rings is 1. The van der Waals surface area contributed by atoms with Gasteiger partial charge in [0.1, 0.15) is 12.2 Å². The largest absolute Gasteiger partial charge is 0.319 e. The van der Waals surface area contributed by atoms with E-state index in [2.05, 4.69) is 0 Å². The first-order chi connectivity index (χ1) is 8.04. The molecule has 4 nitrogen and oxygen atoms in total. The van der Waals surface area contributed by atoms with Crippen LogP contribution >= 0.6 is 0 Å². The first-order valence-corrected chi connectivity index (χ1v) is 5.64. The maximum atomic E-state index is 11.9. The Bertz CT molecular complexity index is 444. The maximum absolute atomic E-state index is 11.9. The predicted molar refractivity (Wildman–Crippen MR) is 63.9 cm³/mol. The van der Waals surface area contributed by atoms with Gasteiger partial charge in [0.2, 0.25) is 11.8 Å². The van der Waals surface area contributed by atoms with Gasteiger partial charge in [-0.1, -0.05) is 30.3 Å². The molecule has 1 aliphatic rings. The fraction of sp³-hybridized carbons (Fsp3) is 0.385. The molecule has 0 aromatic heterocycles. The molecule has 1 aromatic rings. The van der Waals surface area contributed by atoms with Crippen LogP contribution in [0.4, 0.5) is 0 Å². The van der Waals surface area contributed by atoms with E-state index in [0.717, 1.165) is 5.56 Å². The lowest BCUT2D eigenvalue weighted by molar-refractivity contribution is -0.134. The summed E-state index contributed by atoms with van der Waals surface area (Å²) in [5.74, 6) is -0.0990. The van der Waals surface area contributed by atoms with Crippen LogP contribution in [0.2, 0.25) is 0 Å². The third-order valence-electron chi connectivity index (χ3n) is 3.21. The molecule has 0 bridgehead atoms. The molecule has 1 aliphatic heterocycles. The molecule has 2 atom stereocenters. The average Bonchev–Trinajstić information content (AvgIpc) is 2.55. The highest BCUT2D eigenvalue weighted by Crippen LogP contribution is 2.32. The SMILES string of the molecule is CC(=O)N1C(C)C(=O)N(C)C1c1ccccc1. The van der Waals surface area contributed by atoms with Gasteiger partial charge in [0, 0.05) is 14.0 Å². The van der Waals surface area contributed by atoms with Crippen LogP contribution in [-0.2, 0) is 9.59 Å². The number of hydrogen-bond acceptors (Lipinski definition) is 2. The molecule has 1 heterocycles. The molecule has 1 fully saturated rings. The van der Waals surface area contributed by atoms with E-state index in [1.807, 2.05) is 30.3 Å². The van der Waals surface area contributed by atoms with E-state index < -0.39 is 0 Å². The first kappa shape index (κ1) is 11.6. The van der Waals surface area contributed by atoms with Crippen molar-refractivity contribution in [3.05, 3.63) is 35.9 Å². The van der Waals surface area contributed by atoms with Crippen LogP contribution < -0.4 is 0 Å². The van der Waals surface area contributed by atoms with E-state index in [4.69, 9.17) is 0 Å². The zero-order chi connectivity index (χ0) is 12.6. The summed E-state index contributed by atoms with van der Waals surface area (Å²) in [7, 11) is 1.74. The van der Waals surface area contributed by atoms with Crippen molar-refractivity contribution < 1.29 is 9.59 Å². The molecule has 0 radical (unpaired) electrons. The lowest BCUT2D eigenvalue weighted by atomic mass is 10.1. The number of rotatable bonds is 1. The second kappa shape index (κ2) is 4.20. The summed E-state index contributed by atoms with van der Waals surface area (Å²) in [4.78, 5) is 26.9.